The predicted molar refractivity (Wildman–Crippen MR) is 76.0 cm³/mol. The molecule has 1 saturated heterocycles. The van der Waals surface area contributed by atoms with E-state index in [9.17, 15) is 9.59 Å². The van der Waals surface area contributed by atoms with Gasteiger partial charge in [0.2, 0.25) is 5.91 Å². The summed E-state index contributed by atoms with van der Waals surface area (Å²) in [6, 6.07) is 0.764. The van der Waals surface area contributed by atoms with Crippen molar-refractivity contribution >= 4 is 11.7 Å². The van der Waals surface area contributed by atoms with Crippen molar-refractivity contribution in [1.29, 1.82) is 0 Å². The Kier molecular flexibility index (Phi) is 6.45. The minimum Gasteiger partial charge on any atom is -0.340 e. The molecule has 0 aromatic rings. The standard InChI is InChI=1S/C14H27N3O2/c1-10(2)13(18)9-14(19)17-7-5-15-11(3)12(4)16-6-8-17/h10-12,15-16H,5-9H2,1-4H3/t11-,12+. The first-order valence-electron chi connectivity index (χ1n) is 7.19. The van der Waals surface area contributed by atoms with Gasteiger partial charge in [-0.1, -0.05) is 13.8 Å². The molecule has 19 heavy (non-hydrogen) atoms. The largest absolute Gasteiger partial charge is 0.340 e. The molecule has 5 nitrogen and oxygen atoms in total. The average molecular weight is 269 g/mol. The molecule has 0 bridgehead atoms. The number of nitrogens with zero attached hydrogens (tertiary/aromatic N) is 1. The first kappa shape index (κ1) is 16.1. The molecule has 0 aromatic heterocycles. The molecule has 1 aliphatic rings. The van der Waals surface area contributed by atoms with E-state index in [1.54, 1.807) is 4.90 Å². The highest BCUT2D eigenvalue weighted by atomic mass is 16.2. The zero-order valence-electron chi connectivity index (χ0n) is 12.5. The van der Waals surface area contributed by atoms with Gasteiger partial charge >= 0.3 is 0 Å². The number of nitrogens with one attached hydrogen (secondary N) is 2. The molecule has 0 spiro atoms. The normalized spacial score (nSPS) is 25.6. The summed E-state index contributed by atoms with van der Waals surface area (Å²) in [7, 11) is 0. The van der Waals surface area contributed by atoms with E-state index < -0.39 is 0 Å². The summed E-state index contributed by atoms with van der Waals surface area (Å²) in [5.74, 6) is -0.102. The second-order valence-electron chi connectivity index (χ2n) is 5.66. The molecule has 1 heterocycles. The Morgan fingerprint density at radius 3 is 2.00 bits per heavy atom. The van der Waals surface area contributed by atoms with E-state index in [4.69, 9.17) is 0 Å². The van der Waals surface area contributed by atoms with Crippen molar-refractivity contribution < 1.29 is 9.59 Å². The van der Waals surface area contributed by atoms with E-state index in [-0.39, 0.29) is 24.0 Å². The van der Waals surface area contributed by atoms with Crippen LogP contribution in [0.3, 0.4) is 0 Å². The minimum absolute atomic E-state index is 0.0209. The Labute approximate surface area is 116 Å². The van der Waals surface area contributed by atoms with Crippen molar-refractivity contribution in [2.75, 3.05) is 26.2 Å². The molecule has 2 N–H and O–H groups in total. The van der Waals surface area contributed by atoms with E-state index in [0.717, 1.165) is 13.1 Å². The molecule has 0 unspecified atom stereocenters. The first-order valence-corrected chi connectivity index (χ1v) is 7.19. The third kappa shape index (κ3) is 5.28. The van der Waals surface area contributed by atoms with Gasteiger partial charge in [-0.15, -0.1) is 0 Å². The van der Waals surface area contributed by atoms with Gasteiger partial charge in [-0.25, -0.2) is 0 Å². The highest BCUT2D eigenvalue weighted by Crippen LogP contribution is 2.03. The topological polar surface area (TPSA) is 61.4 Å². The summed E-state index contributed by atoms with van der Waals surface area (Å²) in [4.78, 5) is 25.5. The summed E-state index contributed by atoms with van der Waals surface area (Å²) in [5, 5.41) is 6.79. The smallest absolute Gasteiger partial charge is 0.230 e. The highest BCUT2D eigenvalue weighted by Gasteiger charge is 2.21. The highest BCUT2D eigenvalue weighted by molar-refractivity contribution is 5.98. The van der Waals surface area contributed by atoms with Gasteiger partial charge in [0.25, 0.3) is 0 Å². The number of ketones is 1. The lowest BCUT2D eigenvalue weighted by Gasteiger charge is -2.22. The van der Waals surface area contributed by atoms with Gasteiger partial charge < -0.3 is 15.5 Å². The number of amides is 1. The molecule has 5 heteroatoms. The van der Waals surface area contributed by atoms with Crippen molar-refractivity contribution in [3.63, 3.8) is 0 Å². The van der Waals surface area contributed by atoms with Gasteiger partial charge in [0.05, 0.1) is 6.42 Å². The third-order valence-corrected chi connectivity index (χ3v) is 3.77. The summed E-state index contributed by atoms with van der Waals surface area (Å²) in [5.41, 5.74) is 0. The van der Waals surface area contributed by atoms with Crippen LogP contribution in [0.25, 0.3) is 0 Å². The molecular weight excluding hydrogens is 242 g/mol. The number of Topliss-reactive ketones (excluding diaryl/α,β-unsaturated/α-hetero) is 1. The average Bonchev–Trinajstić information content (AvgIpc) is 2.42. The van der Waals surface area contributed by atoms with Crippen molar-refractivity contribution in [3.8, 4) is 0 Å². The Morgan fingerprint density at radius 1 is 1.11 bits per heavy atom. The van der Waals surface area contributed by atoms with E-state index >= 15 is 0 Å². The van der Waals surface area contributed by atoms with Crippen molar-refractivity contribution in [1.82, 2.24) is 15.5 Å². The van der Waals surface area contributed by atoms with E-state index in [0.29, 0.717) is 25.2 Å². The predicted octanol–water partition coefficient (Wildman–Crippen LogP) is 0.400. The maximum atomic E-state index is 12.1. The number of hydrogen-bond acceptors (Lipinski definition) is 4. The van der Waals surface area contributed by atoms with Gasteiger partial charge in [-0.3, -0.25) is 9.59 Å². The lowest BCUT2D eigenvalue weighted by atomic mass is 10.1. The summed E-state index contributed by atoms with van der Waals surface area (Å²) < 4.78 is 0. The maximum absolute atomic E-state index is 12.1. The Morgan fingerprint density at radius 2 is 1.58 bits per heavy atom. The number of carbonyl (C=O) groups is 2. The van der Waals surface area contributed by atoms with Gasteiger partial charge in [0.15, 0.2) is 0 Å². The second kappa shape index (κ2) is 7.60. The van der Waals surface area contributed by atoms with Crippen LogP contribution in [0.4, 0.5) is 0 Å². The molecule has 1 fully saturated rings. The molecule has 110 valence electrons. The van der Waals surface area contributed by atoms with E-state index in [1.165, 1.54) is 0 Å². The fourth-order valence-electron chi connectivity index (χ4n) is 2.03. The monoisotopic (exact) mass is 269 g/mol. The summed E-state index contributed by atoms with van der Waals surface area (Å²) in [6.07, 6.45) is 0.0305. The quantitative estimate of drug-likeness (QED) is 0.728. The first-order chi connectivity index (χ1) is 8.91. The SMILES string of the molecule is CC(C)C(=O)CC(=O)N1CCN[C@@H](C)[C@@H](C)NCC1. The Bertz CT molecular complexity index is 304. The summed E-state index contributed by atoms with van der Waals surface area (Å²) >= 11 is 0. The third-order valence-electron chi connectivity index (χ3n) is 3.77. The number of hydrogen-bond donors (Lipinski definition) is 2. The number of rotatable bonds is 3. The Balaban J connectivity index is 2.52. The van der Waals surface area contributed by atoms with Gasteiger partial charge in [0, 0.05) is 44.2 Å². The lowest BCUT2D eigenvalue weighted by Crippen LogP contribution is -2.44. The molecule has 0 saturated carbocycles. The molecule has 0 aliphatic carbocycles. The molecule has 0 aromatic carbocycles. The van der Waals surface area contributed by atoms with Crippen LogP contribution in [0.1, 0.15) is 34.1 Å². The molecule has 2 atom stereocenters. The van der Waals surface area contributed by atoms with Gasteiger partial charge in [-0.2, -0.15) is 0 Å². The van der Waals surface area contributed by atoms with Crippen LogP contribution in [0.15, 0.2) is 0 Å². The fraction of sp³-hybridized carbons (Fsp3) is 0.857. The maximum Gasteiger partial charge on any atom is 0.230 e. The van der Waals surface area contributed by atoms with E-state index in [1.807, 2.05) is 13.8 Å². The van der Waals surface area contributed by atoms with Crippen LogP contribution in [-0.2, 0) is 9.59 Å². The van der Waals surface area contributed by atoms with Crippen LogP contribution < -0.4 is 10.6 Å². The zero-order valence-corrected chi connectivity index (χ0v) is 12.5. The fourth-order valence-corrected chi connectivity index (χ4v) is 2.03. The molecule has 1 amide bonds. The van der Waals surface area contributed by atoms with E-state index in [2.05, 4.69) is 24.5 Å². The van der Waals surface area contributed by atoms with Crippen molar-refractivity contribution in [2.45, 2.75) is 46.2 Å². The van der Waals surface area contributed by atoms with Crippen LogP contribution in [0.2, 0.25) is 0 Å². The van der Waals surface area contributed by atoms with Crippen molar-refractivity contribution in [2.24, 2.45) is 5.92 Å². The van der Waals surface area contributed by atoms with Gasteiger partial charge in [-0.05, 0) is 13.8 Å². The van der Waals surface area contributed by atoms with Crippen LogP contribution in [-0.4, -0.2) is 54.9 Å². The molecule has 0 radical (unpaired) electrons. The van der Waals surface area contributed by atoms with Crippen LogP contribution in [0, 0.1) is 5.92 Å². The molecular formula is C14H27N3O2. The molecule has 1 rings (SSSR count). The van der Waals surface area contributed by atoms with Gasteiger partial charge in [0.1, 0.15) is 5.78 Å². The Hall–Kier alpha value is -0.940. The van der Waals surface area contributed by atoms with Crippen LogP contribution in [0.5, 0.6) is 0 Å². The summed E-state index contributed by atoms with van der Waals surface area (Å²) in [6.45, 7) is 10.8. The minimum atomic E-state index is -0.0715. The lowest BCUT2D eigenvalue weighted by molar-refractivity contribution is -0.136. The van der Waals surface area contributed by atoms with Crippen molar-refractivity contribution in [3.05, 3.63) is 0 Å². The molecule has 1 aliphatic heterocycles. The number of carbonyl (C=O) groups excluding carboxylic acids is 2. The zero-order chi connectivity index (χ0) is 14.4. The second-order valence-corrected chi connectivity index (χ2v) is 5.66. The van der Waals surface area contributed by atoms with Crippen LogP contribution >= 0.6 is 0 Å².